The summed E-state index contributed by atoms with van der Waals surface area (Å²) in [6, 6.07) is 5.78. The maximum absolute atomic E-state index is 13.5. The van der Waals surface area contributed by atoms with Gasteiger partial charge in [0.1, 0.15) is 11.6 Å². The molecule has 0 aliphatic heterocycles. The zero-order chi connectivity index (χ0) is 20.2. The van der Waals surface area contributed by atoms with Crippen LogP contribution in [-0.4, -0.2) is 43.3 Å². The summed E-state index contributed by atoms with van der Waals surface area (Å²) in [5, 5.41) is 0. The van der Waals surface area contributed by atoms with Crippen molar-refractivity contribution in [2.24, 2.45) is 0 Å². The average Bonchev–Trinajstić information content (AvgIpc) is 2.64. The molecule has 9 heteroatoms. The number of Topliss-reactive ketones (excluding diaryl/α,β-unsaturated/α-hetero) is 1. The Morgan fingerprint density at radius 3 is 2.44 bits per heavy atom. The number of ether oxygens (including phenoxy) is 1. The van der Waals surface area contributed by atoms with Crippen LogP contribution in [0.5, 0.6) is 5.75 Å². The van der Waals surface area contributed by atoms with Crippen molar-refractivity contribution in [3.63, 3.8) is 0 Å². The highest BCUT2D eigenvalue weighted by Crippen LogP contribution is 2.20. The number of carbonyl (C=O) groups is 1. The van der Waals surface area contributed by atoms with Crippen LogP contribution in [0.25, 0.3) is 0 Å². The Morgan fingerprint density at radius 1 is 1.19 bits per heavy atom. The molecule has 0 spiro atoms. The number of hydrogen-bond donors (Lipinski definition) is 0. The highest BCUT2D eigenvalue weighted by atomic mass is 32.2. The molecule has 0 bridgehead atoms. The van der Waals surface area contributed by atoms with Gasteiger partial charge in [-0.25, -0.2) is 12.8 Å². The van der Waals surface area contributed by atoms with Crippen molar-refractivity contribution < 1.29 is 22.3 Å². The molecular weight excluding hydrogens is 375 g/mol. The summed E-state index contributed by atoms with van der Waals surface area (Å²) in [4.78, 5) is 24.5. The van der Waals surface area contributed by atoms with Gasteiger partial charge in [0.15, 0.2) is 5.78 Å². The summed E-state index contributed by atoms with van der Waals surface area (Å²) in [5.41, 5.74) is -0.571. The molecular formula is C18H21FN2O5S. The average molecular weight is 396 g/mol. The van der Waals surface area contributed by atoms with E-state index in [0.717, 1.165) is 29.0 Å². The number of pyridine rings is 1. The molecule has 0 fully saturated rings. The van der Waals surface area contributed by atoms with E-state index in [1.54, 1.807) is 13.8 Å². The summed E-state index contributed by atoms with van der Waals surface area (Å²) < 4.78 is 46.0. The van der Waals surface area contributed by atoms with Crippen LogP contribution in [0, 0.1) is 5.82 Å². The Balaban J connectivity index is 2.42. The summed E-state index contributed by atoms with van der Waals surface area (Å²) >= 11 is 0. The minimum Gasteiger partial charge on any atom is -0.496 e. The van der Waals surface area contributed by atoms with E-state index in [1.165, 1.54) is 23.5 Å². The fraction of sp³-hybridized carbons (Fsp3) is 0.333. The quantitative estimate of drug-likeness (QED) is 0.637. The SMILES string of the molecule is CCN(CC)S(=O)(=O)c1ccc(=O)n(CC(=O)c2cc(F)ccc2OC)c1. The highest BCUT2D eigenvalue weighted by molar-refractivity contribution is 7.89. The van der Waals surface area contributed by atoms with E-state index in [2.05, 4.69) is 0 Å². The Kier molecular flexibility index (Phi) is 6.50. The standard InChI is InChI=1S/C18H21FN2O5S/c1-4-21(5-2)27(24,25)14-7-9-18(23)20(11-14)12-16(22)15-10-13(19)6-8-17(15)26-3/h6-11H,4-5,12H2,1-3H3. The molecule has 27 heavy (non-hydrogen) atoms. The van der Waals surface area contributed by atoms with Gasteiger partial charge in [-0.05, 0) is 24.3 Å². The van der Waals surface area contributed by atoms with E-state index in [9.17, 15) is 22.4 Å². The molecule has 0 aliphatic rings. The number of nitrogens with zero attached hydrogens (tertiary/aromatic N) is 2. The Bertz CT molecular complexity index is 997. The minimum absolute atomic E-state index is 0.0265. The van der Waals surface area contributed by atoms with Crippen LogP contribution in [0.1, 0.15) is 24.2 Å². The largest absolute Gasteiger partial charge is 0.496 e. The predicted octanol–water partition coefficient (Wildman–Crippen LogP) is 1.91. The van der Waals surface area contributed by atoms with E-state index in [4.69, 9.17) is 4.74 Å². The molecule has 0 unspecified atom stereocenters. The lowest BCUT2D eigenvalue weighted by atomic mass is 10.1. The van der Waals surface area contributed by atoms with E-state index in [0.29, 0.717) is 0 Å². The fourth-order valence-corrected chi connectivity index (χ4v) is 4.11. The lowest BCUT2D eigenvalue weighted by molar-refractivity contribution is 0.0967. The third-order valence-electron chi connectivity index (χ3n) is 4.08. The van der Waals surface area contributed by atoms with Crippen molar-refractivity contribution in [3.05, 3.63) is 58.3 Å². The maximum Gasteiger partial charge on any atom is 0.251 e. The number of carbonyl (C=O) groups excluding carboxylic acids is 1. The van der Waals surface area contributed by atoms with Gasteiger partial charge in [-0.15, -0.1) is 0 Å². The molecule has 1 aromatic heterocycles. The third kappa shape index (κ3) is 4.42. The van der Waals surface area contributed by atoms with E-state index < -0.39 is 33.7 Å². The van der Waals surface area contributed by atoms with Gasteiger partial charge in [-0.3, -0.25) is 9.59 Å². The minimum atomic E-state index is -3.78. The molecule has 0 atom stereocenters. The van der Waals surface area contributed by atoms with Gasteiger partial charge < -0.3 is 9.30 Å². The zero-order valence-corrected chi connectivity index (χ0v) is 16.1. The summed E-state index contributed by atoms with van der Waals surface area (Å²) in [6.45, 7) is 3.52. The number of hydrogen-bond acceptors (Lipinski definition) is 5. The van der Waals surface area contributed by atoms with Crippen LogP contribution < -0.4 is 10.3 Å². The first-order valence-corrected chi connectivity index (χ1v) is 9.76. The van der Waals surface area contributed by atoms with E-state index in [1.807, 2.05) is 0 Å². The molecule has 0 radical (unpaired) electrons. The van der Waals surface area contributed by atoms with Gasteiger partial charge in [-0.1, -0.05) is 13.8 Å². The first-order valence-electron chi connectivity index (χ1n) is 8.32. The van der Waals surface area contributed by atoms with Crippen LogP contribution in [0.15, 0.2) is 46.2 Å². The summed E-state index contributed by atoms with van der Waals surface area (Å²) in [5.74, 6) is -1.03. The lowest BCUT2D eigenvalue weighted by Crippen LogP contribution is -2.32. The van der Waals surface area contributed by atoms with Gasteiger partial charge in [0.05, 0.1) is 24.1 Å². The van der Waals surface area contributed by atoms with Gasteiger partial charge in [0.25, 0.3) is 5.56 Å². The van der Waals surface area contributed by atoms with E-state index >= 15 is 0 Å². The fourth-order valence-electron chi connectivity index (χ4n) is 2.64. The van der Waals surface area contributed by atoms with Gasteiger partial charge in [0.2, 0.25) is 10.0 Å². The predicted molar refractivity (Wildman–Crippen MR) is 98.1 cm³/mol. The number of halogens is 1. The second-order valence-corrected chi connectivity index (χ2v) is 7.63. The molecule has 0 saturated carbocycles. The number of methoxy groups -OCH3 is 1. The molecule has 146 valence electrons. The van der Waals surface area contributed by atoms with Crippen LogP contribution >= 0.6 is 0 Å². The number of rotatable bonds is 8. The van der Waals surface area contributed by atoms with Gasteiger partial charge in [-0.2, -0.15) is 4.31 Å². The molecule has 7 nitrogen and oxygen atoms in total. The first-order chi connectivity index (χ1) is 12.7. The van der Waals surface area contributed by atoms with Crippen LogP contribution in [-0.2, 0) is 16.6 Å². The first kappa shape index (κ1) is 20.8. The molecule has 0 N–H and O–H groups in total. The summed E-state index contributed by atoms with van der Waals surface area (Å²) in [7, 11) is -2.44. The normalized spacial score (nSPS) is 11.6. The van der Waals surface area contributed by atoms with Crippen molar-refractivity contribution in [2.75, 3.05) is 20.2 Å². The molecule has 2 aromatic rings. The second kappa shape index (κ2) is 8.45. The molecule has 0 aliphatic carbocycles. The maximum atomic E-state index is 13.5. The number of benzene rings is 1. The number of ketones is 1. The van der Waals surface area contributed by atoms with Crippen LogP contribution in [0.2, 0.25) is 0 Å². The zero-order valence-electron chi connectivity index (χ0n) is 15.3. The van der Waals surface area contributed by atoms with Crippen LogP contribution in [0.4, 0.5) is 4.39 Å². The van der Waals surface area contributed by atoms with Gasteiger partial charge >= 0.3 is 0 Å². The van der Waals surface area contributed by atoms with Crippen molar-refractivity contribution >= 4 is 15.8 Å². The Labute approximate surface area is 157 Å². The summed E-state index contributed by atoms with van der Waals surface area (Å²) in [6.07, 6.45) is 1.12. The molecule has 1 heterocycles. The molecule has 1 aromatic carbocycles. The smallest absolute Gasteiger partial charge is 0.251 e. The van der Waals surface area contributed by atoms with Crippen molar-refractivity contribution in [1.29, 1.82) is 0 Å². The monoisotopic (exact) mass is 396 g/mol. The highest BCUT2D eigenvalue weighted by Gasteiger charge is 2.23. The number of sulfonamides is 1. The lowest BCUT2D eigenvalue weighted by Gasteiger charge is -2.19. The Hall–Kier alpha value is -2.52. The van der Waals surface area contributed by atoms with Crippen molar-refractivity contribution in [1.82, 2.24) is 8.87 Å². The molecule has 0 amide bonds. The van der Waals surface area contributed by atoms with Gasteiger partial charge in [0, 0.05) is 25.4 Å². The van der Waals surface area contributed by atoms with Crippen molar-refractivity contribution in [3.8, 4) is 5.75 Å². The number of aromatic nitrogens is 1. The molecule has 2 rings (SSSR count). The van der Waals surface area contributed by atoms with Crippen LogP contribution in [0.3, 0.4) is 0 Å². The topological polar surface area (TPSA) is 85.7 Å². The third-order valence-corrected chi connectivity index (χ3v) is 6.11. The molecule has 0 saturated heterocycles. The van der Waals surface area contributed by atoms with Crippen molar-refractivity contribution in [2.45, 2.75) is 25.3 Å². The Morgan fingerprint density at radius 2 is 1.85 bits per heavy atom. The second-order valence-electron chi connectivity index (χ2n) is 5.69. The van der Waals surface area contributed by atoms with E-state index in [-0.39, 0.29) is 29.3 Å².